The third-order valence-electron chi connectivity index (χ3n) is 2.33. The van der Waals surface area contributed by atoms with Gasteiger partial charge >= 0.3 is 0 Å². The molecule has 0 N–H and O–H groups in total. The average Bonchev–Trinajstić information content (AvgIpc) is 2.35. The van der Waals surface area contributed by atoms with Crippen LogP contribution in [0.4, 0.5) is 8.78 Å². The summed E-state index contributed by atoms with van der Waals surface area (Å²) in [5.74, 6) is -2.90. The summed E-state index contributed by atoms with van der Waals surface area (Å²) in [6, 6.07) is 3.08. The smallest absolute Gasteiger partial charge is 0.290 e. The fraction of sp³-hybridized carbons (Fsp3) is 0.385. The standard InChI is InChI=1S/C13H16F2N2OS/c1-4-17(8-9(2)3)12(18)10-6-5-7-16-11(10)19-13(14)15/h5-7,13H,2,4,8H2,1,3H3. The van der Waals surface area contributed by atoms with Gasteiger partial charge in [0.1, 0.15) is 5.03 Å². The predicted octanol–water partition coefficient (Wildman–Crippen LogP) is 3.43. The fourth-order valence-electron chi connectivity index (χ4n) is 1.56. The van der Waals surface area contributed by atoms with Crippen LogP contribution in [0.3, 0.4) is 0 Å². The molecule has 1 amide bonds. The Hall–Kier alpha value is -1.43. The van der Waals surface area contributed by atoms with Gasteiger partial charge in [0, 0.05) is 19.3 Å². The van der Waals surface area contributed by atoms with E-state index in [1.54, 1.807) is 11.0 Å². The number of rotatable bonds is 6. The first-order valence-corrected chi connectivity index (χ1v) is 6.67. The summed E-state index contributed by atoms with van der Waals surface area (Å²) in [4.78, 5) is 17.7. The van der Waals surface area contributed by atoms with Crippen LogP contribution in [-0.2, 0) is 0 Å². The van der Waals surface area contributed by atoms with E-state index in [-0.39, 0.29) is 28.3 Å². The second-order valence-corrected chi connectivity index (χ2v) is 4.99. The first kappa shape index (κ1) is 15.6. The van der Waals surface area contributed by atoms with Crippen molar-refractivity contribution in [2.45, 2.75) is 24.6 Å². The maximum Gasteiger partial charge on any atom is 0.290 e. The van der Waals surface area contributed by atoms with Crippen LogP contribution in [0.5, 0.6) is 0 Å². The molecule has 0 radical (unpaired) electrons. The van der Waals surface area contributed by atoms with Crippen molar-refractivity contribution in [2.75, 3.05) is 13.1 Å². The van der Waals surface area contributed by atoms with Crippen molar-refractivity contribution in [1.82, 2.24) is 9.88 Å². The van der Waals surface area contributed by atoms with E-state index in [2.05, 4.69) is 11.6 Å². The SMILES string of the molecule is C=C(C)CN(CC)C(=O)c1cccnc1SC(F)F. The highest BCUT2D eigenvalue weighted by Gasteiger charge is 2.20. The second kappa shape index (κ2) is 7.23. The number of hydrogen-bond acceptors (Lipinski definition) is 3. The number of thioether (sulfide) groups is 1. The largest absolute Gasteiger partial charge is 0.335 e. The highest BCUT2D eigenvalue weighted by atomic mass is 32.2. The normalized spacial score (nSPS) is 10.6. The summed E-state index contributed by atoms with van der Waals surface area (Å²) >= 11 is 0.286. The van der Waals surface area contributed by atoms with Gasteiger partial charge in [-0.25, -0.2) is 4.98 Å². The highest BCUT2D eigenvalue weighted by Crippen LogP contribution is 2.27. The van der Waals surface area contributed by atoms with E-state index in [4.69, 9.17) is 0 Å². The Balaban J connectivity index is 3.00. The van der Waals surface area contributed by atoms with Crippen molar-refractivity contribution in [3.8, 4) is 0 Å². The summed E-state index contributed by atoms with van der Waals surface area (Å²) in [6.45, 7) is 8.29. The molecule has 104 valence electrons. The fourth-order valence-corrected chi connectivity index (χ4v) is 2.13. The van der Waals surface area contributed by atoms with Crippen molar-refractivity contribution in [1.29, 1.82) is 0 Å². The molecular weight excluding hydrogens is 270 g/mol. The van der Waals surface area contributed by atoms with Crippen molar-refractivity contribution >= 4 is 17.7 Å². The van der Waals surface area contributed by atoms with Crippen molar-refractivity contribution in [3.05, 3.63) is 36.0 Å². The molecule has 1 rings (SSSR count). The molecule has 0 aliphatic heterocycles. The number of carbonyl (C=O) groups excluding carboxylic acids is 1. The minimum absolute atomic E-state index is 0.0580. The molecule has 3 nitrogen and oxygen atoms in total. The van der Waals surface area contributed by atoms with Crippen molar-refractivity contribution < 1.29 is 13.6 Å². The van der Waals surface area contributed by atoms with Gasteiger partial charge in [-0.1, -0.05) is 12.2 Å². The maximum atomic E-state index is 12.4. The quantitative estimate of drug-likeness (QED) is 0.593. The molecule has 0 unspecified atom stereocenters. The van der Waals surface area contributed by atoms with Gasteiger partial charge in [0.25, 0.3) is 11.7 Å². The molecule has 0 aromatic carbocycles. The molecule has 0 aliphatic carbocycles. The predicted molar refractivity (Wildman–Crippen MR) is 72.5 cm³/mol. The Morgan fingerprint density at radius 2 is 2.26 bits per heavy atom. The van der Waals surface area contributed by atoms with E-state index in [0.29, 0.717) is 13.1 Å². The Bertz CT molecular complexity index is 466. The molecule has 1 aromatic heterocycles. The summed E-state index contributed by atoms with van der Waals surface area (Å²) in [6.07, 6.45) is 1.40. The van der Waals surface area contributed by atoms with Crippen LogP contribution in [0, 0.1) is 0 Å². The molecule has 0 aliphatic rings. The van der Waals surface area contributed by atoms with Gasteiger partial charge < -0.3 is 4.90 Å². The first-order valence-electron chi connectivity index (χ1n) is 5.79. The number of carbonyl (C=O) groups is 1. The number of alkyl halides is 2. The number of amides is 1. The zero-order valence-corrected chi connectivity index (χ0v) is 11.7. The van der Waals surface area contributed by atoms with Crippen LogP contribution in [0.1, 0.15) is 24.2 Å². The van der Waals surface area contributed by atoms with Crippen molar-refractivity contribution in [2.24, 2.45) is 0 Å². The van der Waals surface area contributed by atoms with Crippen LogP contribution in [0.2, 0.25) is 0 Å². The van der Waals surface area contributed by atoms with Gasteiger partial charge in [-0.15, -0.1) is 0 Å². The average molecular weight is 286 g/mol. The van der Waals surface area contributed by atoms with Crippen LogP contribution in [0.15, 0.2) is 35.5 Å². The summed E-state index contributed by atoms with van der Waals surface area (Å²) in [7, 11) is 0. The first-order chi connectivity index (χ1) is 8.95. The highest BCUT2D eigenvalue weighted by molar-refractivity contribution is 7.99. The van der Waals surface area contributed by atoms with Gasteiger partial charge in [0.15, 0.2) is 0 Å². The van der Waals surface area contributed by atoms with E-state index >= 15 is 0 Å². The number of likely N-dealkylation sites (N-methyl/N-ethyl adjacent to an activating group) is 1. The molecule has 1 heterocycles. The maximum absolute atomic E-state index is 12.4. The molecule has 0 saturated heterocycles. The molecule has 6 heteroatoms. The molecule has 0 bridgehead atoms. The molecule has 0 saturated carbocycles. The number of pyridine rings is 1. The Kier molecular flexibility index (Phi) is 5.95. The lowest BCUT2D eigenvalue weighted by Gasteiger charge is -2.21. The minimum atomic E-state index is -2.60. The number of aromatic nitrogens is 1. The monoisotopic (exact) mass is 286 g/mol. The topological polar surface area (TPSA) is 33.2 Å². The number of nitrogens with zero attached hydrogens (tertiary/aromatic N) is 2. The van der Waals surface area contributed by atoms with Gasteiger partial charge in [0.2, 0.25) is 0 Å². The van der Waals surface area contributed by atoms with Gasteiger partial charge in [-0.3, -0.25) is 4.79 Å². The van der Waals surface area contributed by atoms with E-state index in [9.17, 15) is 13.6 Å². The van der Waals surface area contributed by atoms with E-state index in [1.165, 1.54) is 12.3 Å². The van der Waals surface area contributed by atoms with E-state index in [0.717, 1.165) is 5.57 Å². The molecule has 0 atom stereocenters. The third kappa shape index (κ3) is 4.63. The lowest BCUT2D eigenvalue weighted by molar-refractivity contribution is 0.0774. The second-order valence-electron chi connectivity index (χ2n) is 4.01. The minimum Gasteiger partial charge on any atom is -0.335 e. The molecule has 0 fully saturated rings. The third-order valence-corrected chi connectivity index (χ3v) is 3.06. The van der Waals surface area contributed by atoms with Crippen LogP contribution >= 0.6 is 11.8 Å². The van der Waals surface area contributed by atoms with Gasteiger partial charge in [-0.2, -0.15) is 8.78 Å². The zero-order chi connectivity index (χ0) is 14.4. The van der Waals surface area contributed by atoms with Crippen LogP contribution in [0.25, 0.3) is 0 Å². The molecule has 1 aromatic rings. The Morgan fingerprint density at radius 1 is 1.58 bits per heavy atom. The Morgan fingerprint density at radius 3 is 2.79 bits per heavy atom. The van der Waals surface area contributed by atoms with Gasteiger partial charge in [-0.05, 0) is 37.7 Å². The number of halogens is 2. The zero-order valence-electron chi connectivity index (χ0n) is 10.9. The molecule has 0 spiro atoms. The summed E-state index contributed by atoms with van der Waals surface area (Å²) < 4.78 is 24.9. The molecular formula is C13H16F2N2OS. The molecule has 19 heavy (non-hydrogen) atoms. The lowest BCUT2D eigenvalue weighted by atomic mass is 10.2. The lowest BCUT2D eigenvalue weighted by Crippen LogP contribution is -2.32. The van der Waals surface area contributed by atoms with Crippen molar-refractivity contribution in [3.63, 3.8) is 0 Å². The van der Waals surface area contributed by atoms with Crippen LogP contribution < -0.4 is 0 Å². The van der Waals surface area contributed by atoms with E-state index in [1.807, 2.05) is 13.8 Å². The summed E-state index contributed by atoms with van der Waals surface area (Å²) in [5, 5.41) is 0.0580. The number of hydrogen-bond donors (Lipinski definition) is 0. The Labute approximate surface area is 115 Å². The van der Waals surface area contributed by atoms with Gasteiger partial charge in [0.05, 0.1) is 5.56 Å². The van der Waals surface area contributed by atoms with E-state index < -0.39 is 5.76 Å². The van der Waals surface area contributed by atoms with Crippen LogP contribution in [-0.4, -0.2) is 34.6 Å². The summed E-state index contributed by atoms with van der Waals surface area (Å²) in [5.41, 5.74) is 1.04.